The van der Waals surface area contributed by atoms with Crippen LogP contribution in [0.1, 0.15) is 5.56 Å². The maximum atomic E-state index is 9.06. The molecule has 0 aromatic heterocycles. The Morgan fingerprint density at radius 3 is 2.29 bits per heavy atom. The van der Waals surface area contributed by atoms with E-state index in [2.05, 4.69) is 38.5 Å². The summed E-state index contributed by atoms with van der Waals surface area (Å²) in [6.07, 6.45) is 0. The van der Waals surface area contributed by atoms with Crippen LogP contribution in [0.3, 0.4) is 0 Å². The predicted molar refractivity (Wildman–Crippen MR) is 79.3 cm³/mol. The molecule has 0 saturated heterocycles. The lowest BCUT2D eigenvalue weighted by atomic mass is 10.2. The molecule has 88 valence electrons. The van der Waals surface area contributed by atoms with Crippen molar-refractivity contribution < 1.29 is 9.84 Å². The second kappa shape index (κ2) is 5.84. The largest absolute Gasteiger partial charge is 0.457 e. The Balaban J connectivity index is 2.19. The molecule has 0 aliphatic carbocycles. The number of hydrogen-bond acceptors (Lipinski definition) is 2. The zero-order chi connectivity index (χ0) is 12.3. The van der Waals surface area contributed by atoms with E-state index in [1.165, 1.54) is 3.57 Å². The van der Waals surface area contributed by atoms with E-state index in [0.29, 0.717) is 0 Å². The van der Waals surface area contributed by atoms with E-state index >= 15 is 0 Å². The number of rotatable bonds is 3. The van der Waals surface area contributed by atoms with Crippen molar-refractivity contribution in [2.75, 3.05) is 0 Å². The third-order valence-corrected chi connectivity index (χ3v) is 3.70. The summed E-state index contributed by atoms with van der Waals surface area (Å²) in [6, 6.07) is 13.4. The van der Waals surface area contributed by atoms with Crippen LogP contribution in [-0.4, -0.2) is 5.11 Å². The molecule has 0 fully saturated rings. The molecular formula is C13H10BrIO2. The molecule has 0 atom stereocenters. The average molecular weight is 405 g/mol. The first kappa shape index (κ1) is 12.9. The first-order chi connectivity index (χ1) is 8.19. The number of halogens is 2. The Bertz CT molecular complexity index is 511. The van der Waals surface area contributed by atoms with E-state index < -0.39 is 0 Å². The number of ether oxygens (including phenoxy) is 1. The second-order valence-corrected chi connectivity index (χ2v) is 5.57. The van der Waals surface area contributed by atoms with Crippen LogP contribution in [0.25, 0.3) is 0 Å². The summed E-state index contributed by atoms with van der Waals surface area (Å²) in [5, 5.41) is 9.06. The molecule has 0 saturated carbocycles. The third-order valence-electron chi connectivity index (χ3n) is 2.24. The van der Waals surface area contributed by atoms with Crippen LogP contribution in [0.2, 0.25) is 0 Å². The zero-order valence-electron chi connectivity index (χ0n) is 8.86. The fourth-order valence-corrected chi connectivity index (χ4v) is 2.20. The highest BCUT2D eigenvalue weighted by atomic mass is 127. The highest BCUT2D eigenvalue weighted by molar-refractivity contribution is 14.1. The van der Waals surface area contributed by atoms with Crippen LogP contribution in [0.5, 0.6) is 11.5 Å². The van der Waals surface area contributed by atoms with E-state index in [9.17, 15) is 0 Å². The molecule has 2 nitrogen and oxygen atoms in total. The van der Waals surface area contributed by atoms with Gasteiger partial charge < -0.3 is 9.84 Å². The zero-order valence-corrected chi connectivity index (χ0v) is 12.6. The van der Waals surface area contributed by atoms with Gasteiger partial charge in [-0.2, -0.15) is 0 Å². The van der Waals surface area contributed by atoms with E-state index in [0.717, 1.165) is 21.5 Å². The Morgan fingerprint density at radius 2 is 1.71 bits per heavy atom. The van der Waals surface area contributed by atoms with Crippen LogP contribution < -0.4 is 4.74 Å². The van der Waals surface area contributed by atoms with E-state index in [1.54, 1.807) is 0 Å². The van der Waals surface area contributed by atoms with E-state index in [-0.39, 0.29) is 6.61 Å². The Morgan fingerprint density at radius 1 is 1.06 bits per heavy atom. The Hall–Kier alpha value is -0.590. The van der Waals surface area contributed by atoms with Gasteiger partial charge in [-0.25, -0.2) is 0 Å². The fourth-order valence-electron chi connectivity index (χ4n) is 1.36. The molecule has 4 heteroatoms. The number of aliphatic hydroxyl groups excluding tert-OH is 1. The van der Waals surface area contributed by atoms with Crippen molar-refractivity contribution in [2.24, 2.45) is 0 Å². The van der Waals surface area contributed by atoms with Gasteiger partial charge in [0.1, 0.15) is 11.5 Å². The van der Waals surface area contributed by atoms with Gasteiger partial charge in [0.2, 0.25) is 0 Å². The lowest BCUT2D eigenvalue weighted by Crippen LogP contribution is -1.88. The quantitative estimate of drug-likeness (QED) is 0.771. The molecule has 0 unspecified atom stereocenters. The van der Waals surface area contributed by atoms with Crippen LogP contribution in [0.15, 0.2) is 46.9 Å². The third kappa shape index (κ3) is 3.43. The second-order valence-electron chi connectivity index (χ2n) is 3.47. The molecule has 1 N–H and O–H groups in total. The van der Waals surface area contributed by atoms with Gasteiger partial charge in [0, 0.05) is 8.04 Å². The fraction of sp³-hybridized carbons (Fsp3) is 0.0769. The molecule has 2 aromatic rings. The minimum Gasteiger partial charge on any atom is -0.457 e. The van der Waals surface area contributed by atoms with Crippen molar-refractivity contribution >= 4 is 38.5 Å². The van der Waals surface area contributed by atoms with Crippen LogP contribution in [-0.2, 0) is 6.61 Å². The summed E-state index contributed by atoms with van der Waals surface area (Å²) in [5.74, 6) is 1.55. The predicted octanol–water partition coefficient (Wildman–Crippen LogP) is 4.34. The molecule has 0 aliphatic rings. The SMILES string of the molecule is OCc1ccc(Oc2ccc(I)cc2)cc1Br. The van der Waals surface area contributed by atoms with Crippen molar-refractivity contribution in [3.05, 3.63) is 56.1 Å². The first-order valence-electron chi connectivity index (χ1n) is 5.02. The topological polar surface area (TPSA) is 29.5 Å². The highest BCUT2D eigenvalue weighted by Gasteiger charge is 2.02. The number of hydrogen-bond donors (Lipinski definition) is 1. The van der Waals surface area contributed by atoms with Crippen molar-refractivity contribution in [2.45, 2.75) is 6.61 Å². The minimum atomic E-state index is 0.0182. The molecule has 0 spiro atoms. The monoisotopic (exact) mass is 404 g/mol. The lowest BCUT2D eigenvalue weighted by molar-refractivity contribution is 0.281. The van der Waals surface area contributed by atoms with E-state index in [1.807, 2.05) is 42.5 Å². The van der Waals surface area contributed by atoms with Crippen molar-refractivity contribution in [1.82, 2.24) is 0 Å². The van der Waals surface area contributed by atoms with Crippen molar-refractivity contribution in [3.63, 3.8) is 0 Å². The lowest BCUT2D eigenvalue weighted by Gasteiger charge is -2.08. The van der Waals surface area contributed by atoms with Gasteiger partial charge in [0.05, 0.1) is 6.61 Å². The van der Waals surface area contributed by atoms with Crippen LogP contribution in [0, 0.1) is 3.57 Å². The summed E-state index contributed by atoms with van der Waals surface area (Å²) in [4.78, 5) is 0. The Kier molecular flexibility index (Phi) is 4.42. The molecule has 0 amide bonds. The first-order valence-corrected chi connectivity index (χ1v) is 6.89. The van der Waals surface area contributed by atoms with Gasteiger partial charge in [0.15, 0.2) is 0 Å². The van der Waals surface area contributed by atoms with Gasteiger partial charge in [-0.1, -0.05) is 22.0 Å². The molecule has 0 heterocycles. The minimum absolute atomic E-state index is 0.0182. The average Bonchev–Trinajstić information content (AvgIpc) is 2.32. The van der Waals surface area contributed by atoms with Gasteiger partial charge in [-0.05, 0) is 64.6 Å². The number of aliphatic hydroxyl groups is 1. The normalized spacial score (nSPS) is 10.3. The van der Waals surface area contributed by atoms with Crippen LogP contribution >= 0.6 is 38.5 Å². The summed E-state index contributed by atoms with van der Waals surface area (Å²) >= 11 is 5.64. The molecule has 0 bridgehead atoms. The van der Waals surface area contributed by atoms with Gasteiger partial charge in [-0.3, -0.25) is 0 Å². The van der Waals surface area contributed by atoms with Gasteiger partial charge >= 0.3 is 0 Å². The molecule has 2 rings (SSSR count). The van der Waals surface area contributed by atoms with Gasteiger partial charge in [-0.15, -0.1) is 0 Å². The summed E-state index contributed by atoms with van der Waals surface area (Å²) in [7, 11) is 0. The smallest absolute Gasteiger partial charge is 0.128 e. The summed E-state index contributed by atoms with van der Waals surface area (Å²) in [6.45, 7) is 0.0182. The summed E-state index contributed by atoms with van der Waals surface area (Å²) in [5.41, 5.74) is 0.847. The van der Waals surface area contributed by atoms with Gasteiger partial charge in [0.25, 0.3) is 0 Å². The summed E-state index contributed by atoms with van der Waals surface area (Å²) < 4.78 is 7.72. The molecule has 17 heavy (non-hydrogen) atoms. The van der Waals surface area contributed by atoms with Crippen molar-refractivity contribution in [3.8, 4) is 11.5 Å². The standard InChI is InChI=1S/C13H10BrIO2/c14-13-7-12(4-1-9(13)8-16)17-11-5-2-10(15)3-6-11/h1-7,16H,8H2. The molecule has 0 radical (unpaired) electrons. The maximum Gasteiger partial charge on any atom is 0.128 e. The molecule has 2 aromatic carbocycles. The van der Waals surface area contributed by atoms with Crippen molar-refractivity contribution in [1.29, 1.82) is 0 Å². The molecular weight excluding hydrogens is 395 g/mol. The Labute approximate surface area is 122 Å². The van der Waals surface area contributed by atoms with Crippen LogP contribution in [0.4, 0.5) is 0 Å². The number of benzene rings is 2. The maximum absolute atomic E-state index is 9.06. The van der Waals surface area contributed by atoms with E-state index in [4.69, 9.17) is 9.84 Å². The molecule has 0 aliphatic heterocycles. The highest BCUT2D eigenvalue weighted by Crippen LogP contribution is 2.27.